The lowest BCUT2D eigenvalue weighted by Crippen LogP contribution is -2.61. The average molecular weight is 230 g/mol. The normalized spacial score (nSPS) is 12.4. The van der Waals surface area contributed by atoms with Crippen LogP contribution in [0.15, 0.2) is 0 Å². The summed E-state index contributed by atoms with van der Waals surface area (Å²) < 4.78 is 0. The molecule has 0 fully saturated rings. The molecule has 16 heavy (non-hydrogen) atoms. The fourth-order valence-corrected chi connectivity index (χ4v) is 1.28. The molecule has 0 saturated heterocycles. The average Bonchev–Trinajstić information content (AvgIpc) is 2.25. The van der Waals surface area contributed by atoms with Crippen LogP contribution in [0.1, 0.15) is 40.5 Å². The number of hydrogen-bond acceptors (Lipinski definition) is 3. The molecule has 5 nitrogen and oxygen atoms in total. The molecule has 0 atom stereocenters. The molecule has 0 aliphatic rings. The number of carboxylic acids is 1. The van der Waals surface area contributed by atoms with Gasteiger partial charge in [0.1, 0.15) is 5.54 Å². The predicted octanol–water partition coefficient (Wildman–Crippen LogP) is 0.825. The van der Waals surface area contributed by atoms with Crippen LogP contribution < -0.4 is 5.73 Å². The second-order valence-electron chi connectivity index (χ2n) is 4.59. The number of carbonyl (C=O) groups is 2. The van der Waals surface area contributed by atoms with Crippen LogP contribution >= 0.6 is 0 Å². The van der Waals surface area contributed by atoms with Crippen molar-refractivity contribution in [2.45, 2.75) is 51.6 Å². The first-order valence-electron chi connectivity index (χ1n) is 5.44. The van der Waals surface area contributed by atoms with Crippen molar-refractivity contribution in [1.82, 2.24) is 4.90 Å². The third-order valence-electron chi connectivity index (χ3n) is 3.35. The second-order valence-corrected chi connectivity index (χ2v) is 4.59. The number of hydrogen-bond donors (Lipinski definition) is 2. The van der Waals surface area contributed by atoms with Crippen molar-refractivity contribution >= 4 is 11.9 Å². The quantitative estimate of drug-likeness (QED) is 0.732. The Morgan fingerprint density at radius 1 is 1.25 bits per heavy atom. The van der Waals surface area contributed by atoms with E-state index in [2.05, 4.69) is 0 Å². The molecule has 0 saturated carbocycles. The molecule has 0 rings (SSSR count). The van der Waals surface area contributed by atoms with Gasteiger partial charge in [-0.1, -0.05) is 13.8 Å². The Bertz CT molecular complexity index is 283. The number of nitrogens with zero attached hydrogens (tertiary/aromatic N) is 1. The van der Waals surface area contributed by atoms with E-state index in [0.717, 1.165) is 0 Å². The summed E-state index contributed by atoms with van der Waals surface area (Å²) in [6.07, 6.45) is 0.977. The summed E-state index contributed by atoms with van der Waals surface area (Å²) in [6.45, 7) is 6.62. The van der Waals surface area contributed by atoms with Crippen molar-refractivity contribution in [3.63, 3.8) is 0 Å². The third-order valence-corrected chi connectivity index (χ3v) is 3.35. The molecular weight excluding hydrogens is 208 g/mol. The second kappa shape index (κ2) is 4.82. The molecule has 0 spiro atoms. The summed E-state index contributed by atoms with van der Waals surface area (Å²) in [7, 11) is 1.48. The maximum Gasteiger partial charge on any atom is 0.329 e. The van der Waals surface area contributed by atoms with Crippen LogP contribution in [-0.4, -0.2) is 40.0 Å². The summed E-state index contributed by atoms with van der Waals surface area (Å²) in [5.41, 5.74) is 3.74. The minimum atomic E-state index is -1.24. The van der Waals surface area contributed by atoms with Gasteiger partial charge in [-0.25, -0.2) is 4.79 Å². The van der Waals surface area contributed by atoms with Gasteiger partial charge in [-0.2, -0.15) is 0 Å². The SMILES string of the molecule is CCC(N)(CC)C(=O)N(C)C(C)(C)C(=O)O. The van der Waals surface area contributed by atoms with E-state index in [9.17, 15) is 9.59 Å². The molecule has 0 aliphatic heterocycles. The highest BCUT2D eigenvalue weighted by molar-refractivity contribution is 5.91. The van der Waals surface area contributed by atoms with Crippen LogP contribution in [0.3, 0.4) is 0 Å². The zero-order valence-corrected chi connectivity index (χ0v) is 10.7. The Balaban J connectivity index is 5.08. The van der Waals surface area contributed by atoms with Crippen molar-refractivity contribution in [2.24, 2.45) is 5.73 Å². The molecule has 5 heteroatoms. The number of carboxylic acid groups (broad SMARTS) is 1. The van der Waals surface area contributed by atoms with E-state index in [-0.39, 0.29) is 5.91 Å². The molecule has 0 aliphatic carbocycles. The van der Waals surface area contributed by atoms with Crippen molar-refractivity contribution < 1.29 is 14.7 Å². The zero-order chi connectivity index (χ0) is 13.1. The molecule has 0 unspecified atom stereocenters. The van der Waals surface area contributed by atoms with Crippen LogP contribution in [-0.2, 0) is 9.59 Å². The topological polar surface area (TPSA) is 83.6 Å². The minimum Gasteiger partial charge on any atom is -0.480 e. The van der Waals surface area contributed by atoms with Gasteiger partial charge in [0.05, 0.1) is 5.54 Å². The van der Waals surface area contributed by atoms with E-state index in [0.29, 0.717) is 12.8 Å². The monoisotopic (exact) mass is 230 g/mol. The molecule has 1 amide bonds. The van der Waals surface area contributed by atoms with Crippen LogP contribution in [0.2, 0.25) is 0 Å². The summed E-state index contributed by atoms with van der Waals surface area (Å²) in [6, 6.07) is 0. The van der Waals surface area contributed by atoms with Crippen LogP contribution in [0.25, 0.3) is 0 Å². The summed E-state index contributed by atoms with van der Waals surface area (Å²) in [4.78, 5) is 24.4. The molecule has 0 radical (unpaired) electrons. The number of likely N-dealkylation sites (N-methyl/N-ethyl adjacent to an activating group) is 1. The van der Waals surface area contributed by atoms with Crippen molar-refractivity contribution in [1.29, 1.82) is 0 Å². The molecule has 0 aromatic heterocycles. The Kier molecular flexibility index (Phi) is 4.49. The van der Waals surface area contributed by atoms with E-state index in [4.69, 9.17) is 10.8 Å². The van der Waals surface area contributed by atoms with Crippen molar-refractivity contribution in [3.8, 4) is 0 Å². The lowest BCUT2D eigenvalue weighted by molar-refractivity contribution is -0.157. The molecule has 3 N–H and O–H groups in total. The van der Waals surface area contributed by atoms with Gasteiger partial charge >= 0.3 is 5.97 Å². The molecular formula is C11H22N2O3. The molecule has 0 aromatic rings. The van der Waals surface area contributed by atoms with Gasteiger partial charge in [0, 0.05) is 7.05 Å². The highest BCUT2D eigenvalue weighted by atomic mass is 16.4. The largest absolute Gasteiger partial charge is 0.480 e. The van der Waals surface area contributed by atoms with Crippen LogP contribution in [0, 0.1) is 0 Å². The smallest absolute Gasteiger partial charge is 0.329 e. The van der Waals surface area contributed by atoms with Gasteiger partial charge in [-0.05, 0) is 26.7 Å². The van der Waals surface area contributed by atoms with Gasteiger partial charge in [-0.15, -0.1) is 0 Å². The minimum absolute atomic E-state index is 0.329. The Labute approximate surface area is 96.6 Å². The van der Waals surface area contributed by atoms with E-state index in [1.807, 2.05) is 13.8 Å². The number of rotatable bonds is 5. The highest BCUT2D eigenvalue weighted by Gasteiger charge is 2.41. The van der Waals surface area contributed by atoms with Crippen LogP contribution in [0.4, 0.5) is 0 Å². The highest BCUT2D eigenvalue weighted by Crippen LogP contribution is 2.21. The Morgan fingerprint density at radius 3 is 1.88 bits per heavy atom. The number of amides is 1. The lowest BCUT2D eigenvalue weighted by atomic mass is 9.90. The van der Waals surface area contributed by atoms with Gasteiger partial charge in [0.15, 0.2) is 0 Å². The third kappa shape index (κ3) is 2.52. The zero-order valence-electron chi connectivity index (χ0n) is 10.7. The van der Waals surface area contributed by atoms with Crippen LogP contribution in [0.5, 0.6) is 0 Å². The summed E-state index contributed by atoms with van der Waals surface area (Å²) in [5, 5.41) is 9.04. The maximum absolute atomic E-state index is 12.1. The Morgan fingerprint density at radius 2 is 1.62 bits per heavy atom. The van der Waals surface area contributed by atoms with E-state index in [1.165, 1.54) is 25.8 Å². The van der Waals surface area contributed by atoms with E-state index >= 15 is 0 Å². The number of nitrogens with two attached hydrogens (primary N) is 1. The fraction of sp³-hybridized carbons (Fsp3) is 0.818. The molecule has 0 aromatic carbocycles. The maximum atomic E-state index is 12.1. The van der Waals surface area contributed by atoms with E-state index in [1.54, 1.807) is 0 Å². The van der Waals surface area contributed by atoms with Gasteiger partial charge in [-0.3, -0.25) is 4.79 Å². The first-order chi connectivity index (χ1) is 7.13. The fourth-order valence-electron chi connectivity index (χ4n) is 1.28. The first kappa shape index (κ1) is 14.9. The number of aliphatic carboxylic acids is 1. The predicted molar refractivity (Wildman–Crippen MR) is 62.0 cm³/mol. The molecule has 0 heterocycles. The lowest BCUT2D eigenvalue weighted by Gasteiger charge is -2.38. The first-order valence-corrected chi connectivity index (χ1v) is 5.44. The van der Waals surface area contributed by atoms with Gasteiger partial charge < -0.3 is 15.7 Å². The molecule has 0 bridgehead atoms. The summed E-state index contributed by atoms with van der Waals surface area (Å²) >= 11 is 0. The summed E-state index contributed by atoms with van der Waals surface area (Å²) in [5.74, 6) is -1.37. The number of carbonyl (C=O) groups excluding carboxylic acids is 1. The Hall–Kier alpha value is -1.10. The van der Waals surface area contributed by atoms with Gasteiger partial charge in [0.25, 0.3) is 0 Å². The van der Waals surface area contributed by atoms with Crippen molar-refractivity contribution in [2.75, 3.05) is 7.05 Å². The van der Waals surface area contributed by atoms with Gasteiger partial charge in [0.2, 0.25) is 5.91 Å². The van der Waals surface area contributed by atoms with Crippen molar-refractivity contribution in [3.05, 3.63) is 0 Å². The standard InChI is InChI=1S/C11H22N2O3/c1-6-11(12,7-2)8(14)13(5)10(3,4)9(15)16/h6-7,12H2,1-5H3,(H,15,16). The van der Waals surface area contributed by atoms with E-state index < -0.39 is 17.0 Å². The molecule has 94 valence electrons.